The number of rotatable bonds is 4. The van der Waals surface area contributed by atoms with Crippen LogP contribution in [0.2, 0.25) is 0 Å². The average Bonchev–Trinajstić information content (AvgIpc) is 2.94. The van der Waals surface area contributed by atoms with Crippen molar-refractivity contribution >= 4 is 33.2 Å². The lowest BCUT2D eigenvalue weighted by Gasteiger charge is -2.17. The van der Waals surface area contributed by atoms with Gasteiger partial charge in [-0.1, -0.05) is 0 Å². The van der Waals surface area contributed by atoms with Crippen LogP contribution in [0.5, 0.6) is 0 Å². The Morgan fingerprint density at radius 2 is 2.32 bits per heavy atom. The zero-order valence-electron chi connectivity index (χ0n) is 11.2. The summed E-state index contributed by atoms with van der Waals surface area (Å²) >= 11 is 5.03. The molecule has 2 rings (SSSR count). The molecule has 0 aromatic carbocycles. The zero-order chi connectivity index (χ0) is 14.0. The standard InChI is InChI=1S/C13H16BrN3OS/c1-4-17-7-10(14)5-12(17)13(18)16(3)8-11-6-15-9(2)19-11/h5-7H,4,8H2,1-3H3. The smallest absolute Gasteiger partial charge is 0.270 e. The molecule has 102 valence electrons. The van der Waals surface area contributed by atoms with Crippen molar-refractivity contribution in [3.63, 3.8) is 0 Å². The van der Waals surface area contributed by atoms with E-state index in [0.717, 1.165) is 20.9 Å². The SMILES string of the molecule is CCn1cc(Br)cc1C(=O)N(C)Cc1cnc(C)s1. The Morgan fingerprint density at radius 3 is 2.89 bits per heavy atom. The molecule has 0 aliphatic heterocycles. The van der Waals surface area contributed by atoms with Crippen LogP contribution < -0.4 is 0 Å². The third-order valence-electron chi connectivity index (χ3n) is 2.83. The van der Waals surface area contributed by atoms with Crippen molar-refractivity contribution in [2.24, 2.45) is 0 Å². The van der Waals surface area contributed by atoms with Crippen LogP contribution in [0.4, 0.5) is 0 Å². The van der Waals surface area contributed by atoms with Crippen LogP contribution >= 0.6 is 27.3 Å². The summed E-state index contributed by atoms with van der Waals surface area (Å²) in [7, 11) is 1.82. The fourth-order valence-electron chi connectivity index (χ4n) is 1.89. The van der Waals surface area contributed by atoms with Crippen molar-refractivity contribution < 1.29 is 4.79 Å². The van der Waals surface area contributed by atoms with Gasteiger partial charge in [0.1, 0.15) is 5.69 Å². The first-order valence-electron chi connectivity index (χ1n) is 6.03. The minimum atomic E-state index is 0.0265. The van der Waals surface area contributed by atoms with E-state index in [9.17, 15) is 4.79 Å². The molecule has 0 fully saturated rings. The van der Waals surface area contributed by atoms with Crippen molar-refractivity contribution in [1.29, 1.82) is 0 Å². The zero-order valence-corrected chi connectivity index (χ0v) is 13.6. The number of carbonyl (C=O) groups excluding carboxylic acids is 1. The molecule has 19 heavy (non-hydrogen) atoms. The van der Waals surface area contributed by atoms with Gasteiger partial charge in [0, 0.05) is 35.3 Å². The van der Waals surface area contributed by atoms with Crippen LogP contribution in [-0.2, 0) is 13.1 Å². The fraction of sp³-hybridized carbons (Fsp3) is 0.385. The highest BCUT2D eigenvalue weighted by Gasteiger charge is 2.17. The first kappa shape index (κ1) is 14.3. The minimum Gasteiger partial charge on any atom is -0.343 e. The molecule has 0 saturated carbocycles. The summed E-state index contributed by atoms with van der Waals surface area (Å²) in [6, 6.07) is 1.86. The third-order valence-corrected chi connectivity index (χ3v) is 4.16. The predicted octanol–water partition coefficient (Wildman–Crippen LogP) is 3.31. The van der Waals surface area contributed by atoms with Gasteiger partial charge in [-0.25, -0.2) is 4.98 Å². The maximum absolute atomic E-state index is 12.4. The largest absolute Gasteiger partial charge is 0.343 e. The highest BCUT2D eigenvalue weighted by atomic mass is 79.9. The fourth-order valence-corrected chi connectivity index (χ4v) is 3.21. The summed E-state index contributed by atoms with van der Waals surface area (Å²) in [5.74, 6) is 0.0265. The number of amides is 1. The Balaban J connectivity index is 2.14. The number of hydrogen-bond donors (Lipinski definition) is 0. The van der Waals surface area contributed by atoms with Crippen molar-refractivity contribution in [2.75, 3.05) is 7.05 Å². The first-order chi connectivity index (χ1) is 9.01. The normalized spacial score (nSPS) is 10.7. The van der Waals surface area contributed by atoms with Gasteiger partial charge in [0.15, 0.2) is 0 Å². The molecular formula is C13H16BrN3OS. The summed E-state index contributed by atoms with van der Waals surface area (Å²) in [5, 5.41) is 1.02. The number of thiazole rings is 1. The van der Waals surface area contributed by atoms with Gasteiger partial charge in [-0.2, -0.15) is 0 Å². The summed E-state index contributed by atoms with van der Waals surface area (Å²) in [5.41, 5.74) is 0.707. The Labute approximate surface area is 125 Å². The molecule has 0 bridgehead atoms. The molecule has 2 aromatic rings. The number of halogens is 1. The number of carbonyl (C=O) groups is 1. The number of hydrogen-bond acceptors (Lipinski definition) is 3. The van der Waals surface area contributed by atoms with Crippen molar-refractivity contribution in [2.45, 2.75) is 26.9 Å². The van der Waals surface area contributed by atoms with Crippen LogP contribution in [0.25, 0.3) is 0 Å². The van der Waals surface area contributed by atoms with E-state index in [1.165, 1.54) is 0 Å². The Morgan fingerprint density at radius 1 is 1.58 bits per heavy atom. The third kappa shape index (κ3) is 3.25. The van der Waals surface area contributed by atoms with E-state index in [1.54, 1.807) is 16.2 Å². The maximum atomic E-state index is 12.4. The molecule has 0 unspecified atom stereocenters. The molecule has 4 nitrogen and oxygen atoms in total. The van der Waals surface area contributed by atoms with Gasteiger partial charge >= 0.3 is 0 Å². The lowest BCUT2D eigenvalue weighted by molar-refractivity contribution is 0.0776. The topological polar surface area (TPSA) is 38.1 Å². The van der Waals surface area contributed by atoms with E-state index >= 15 is 0 Å². The average molecular weight is 342 g/mol. The number of aryl methyl sites for hydroxylation is 2. The second-order valence-electron chi connectivity index (χ2n) is 4.34. The molecule has 0 saturated heterocycles. The second kappa shape index (κ2) is 5.88. The molecule has 2 heterocycles. The van der Waals surface area contributed by atoms with Gasteiger partial charge in [0.05, 0.1) is 11.6 Å². The van der Waals surface area contributed by atoms with E-state index < -0.39 is 0 Å². The van der Waals surface area contributed by atoms with E-state index in [0.29, 0.717) is 12.2 Å². The van der Waals surface area contributed by atoms with E-state index in [1.807, 2.05) is 43.9 Å². The number of nitrogens with zero attached hydrogens (tertiary/aromatic N) is 3. The molecular weight excluding hydrogens is 326 g/mol. The van der Waals surface area contributed by atoms with E-state index in [-0.39, 0.29) is 5.91 Å². The summed E-state index contributed by atoms with van der Waals surface area (Å²) in [6.45, 7) is 5.36. The highest BCUT2D eigenvalue weighted by Crippen LogP contribution is 2.18. The van der Waals surface area contributed by atoms with Gasteiger partial charge < -0.3 is 9.47 Å². The molecule has 0 aliphatic carbocycles. The summed E-state index contributed by atoms with van der Waals surface area (Å²) in [4.78, 5) is 19.4. The molecule has 0 aliphatic rings. The summed E-state index contributed by atoms with van der Waals surface area (Å²) < 4.78 is 2.88. The Hall–Kier alpha value is -1.14. The lowest BCUT2D eigenvalue weighted by Crippen LogP contribution is -2.27. The first-order valence-corrected chi connectivity index (χ1v) is 7.64. The van der Waals surface area contributed by atoms with Crippen molar-refractivity contribution in [1.82, 2.24) is 14.5 Å². The molecule has 1 amide bonds. The van der Waals surface area contributed by atoms with Gasteiger partial charge in [-0.05, 0) is 35.8 Å². The molecule has 0 atom stereocenters. The van der Waals surface area contributed by atoms with Crippen molar-refractivity contribution in [3.8, 4) is 0 Å². The van der Waals surface area contributed by atoms with Gasteiger partial charge in [-0.3, -0.25) is 4.79 Å². The molecule has 2 aromatic heterocycles. The van der Waals surface area contributed by atoms with Crippen LogP contribution in [0.1, 0.15) is 27.3 Å². The van der Waals surface area contributed by atoms with Crippen LogP contribution in [0, 0.1) is 6.92 Å². The van der Waals surface area contributed by atoms with Gasteiger partial charge in [0.2, 0.25) is 0 Å². The monoisotopic (exact) mass is 341 g/mol. The van der Waals surface area contributed by atoms with E-state index in [4.69, 9.17) is 0 Å². The van der Waals surface area contributed by atoms with Gasteiger partial charge in [0.25, 0.3) is 5.91 Å². The lowest BCUT2D eigenvalue weighted by atomic mass is 10.3. The molecule has 0 spiro atoms. The van der Waals surface area contributed by atoms with Crippen molar-refractivity contribution in [3.05, 3.63) is 38.5 Å². The summed E-state index contributed by atoms with van der Waals surface area (Å²) in [6.07, 6.45) is 3.76. The Bertz CT molecular complexity index is 590. The predicted molar refractivity (Wildman–Crippen MR) is 80.5 cm³/mol. The minimum absolute atomic E-state index is 0.0265. The quantitative estimate of drug-likeness (QED) is 0.855. The number of aromatic nitrogens is 2. The molecule has 0 N–H and O–H groups in total. The van der Waals surface area contributed by atoms with Gasteiger partial charge in [-0.15, -0.1) is 11.3 Å². The second-order valence-corrected chi connectivity index (χ2v) is 6.57. The van der Waals surface area contributed by atoms with Crippen LogP contribution in [0.3, 0.4) is 0 Å². The maximum Gasteiger partial charge on any atom is 0.270 e. The Kier molecular flexibility index (Phi) is 4.42. The highest BCUT2D eigenvalue weighted by molar-refractivity contribution is 9.10. The molecule has 0 radical (unpaired) electrons. The molecule has 6 heteroatoms. The van der Waals surface area contributed by atoms with E-state index in [2.05, 4.69) is 20.9 Å². The van der Waals surface area contributed by atoms with Crippen LogP contribution in [0.15, 0.2) is 22.9 Å². The van der Waals surface area contributed by atoms with Crippen LogP contribution in [-0.4, -0.2) is 27.4 Å².